The van der Waals surface area contributed by atoms with Crippen molar-refractivity contribution in [3.05, 3.63) is 35.9 Å². The van der Waals surface area contributed by atoms with E-state index in [-0.39, 0.29) is 6.09 Å². The molecule has 0 unspecified atom stereocenters. The molecule has 1 amide bonds. The van der Waals surface area contributed by atoms with E-state index in [9.17, 15) is 4.79 Å². The predicted molar refractivity (Wildman–Crippen MR) is 63.2 cm³/mol. The van der Waals surface area contributed by atoms with Crippen molar-refractivity contribution in [2.45, 2.75) is 6.54 Å². The van der Waals surface area contributed by atoms with Crippen molar-refractivity contribution in [1.29, 1.82) is 0 Å². The van der Waals surface area contributed by atoms with Gasteiger partial charge in [-0.05, 0) is 19.7 Å². The van der Waals surface area contributed by atoms with E-state index < -0.39 is 0 Å². The summed E-state index contributed by atoms with van der Waals surface area (Å²) in [7, 11) is 3.87. The van der Waals surface area contributed by atoms with Gasteiger partial charge in [0.05, 0.1) is 0 Å². The molecule has 0 saturated carbocycles. The Hall–Kier alpha value is -1.55. The minimum Gasteiger partial charge on any atom is -0.448 e. The number of nitrogens with one attached hydrogen (secondary N) is 1. The Labute approximate surface area is 96.2 Å². The van der Waals surface area contributed by atoms with Crippen molar-refractivity contribution in [1.82, 2.24) is 10.2 Å². The molecule has 16 heavy (non-hydrogen) atoms. The molecule has 0 spiro atoms. The molecule has 0 aliphatic carbocycles. The number of hydrogen-bond acceptors (Lipinski definition) is 3. The summed E-state index contributed by atoms with van der Waals surface area (Å²) in [5.41, 5.74) is 1.06. The fourth-order valence-corrected chi connectivity index (χ4v) is 1.14. The molecule has 1 aromatic carbocycles. The number of amides is 1. The highest BCUT2D eigenvalue weighted by Crippen LogP contribution is 1.97. The van der Waals surface area contributed by atoms with E-state index >= 15 is 0 Å². The van der Waals surface area contributed by atoms with Crippen molar-refractivity contribution in [3.8, 4) is 0 Å². The summed E-state index contributed by atoms with van der Waals surface area (Å²) in [4.78, 5) is 13.2. The quantitative estimate of drug-likeness (QED) is 0.820. The monoisotopic (exact) mass is 222 g/mol. The summed E-state index contributed by atoms with van der Waals surface area (Å²) in [5, 5.41) is 2.69. The van der Waals surface area contributed by atoms with E-state index in [4.69, 9.17) is 4.74 Å². The highest BCUT2D eigenvalue weighted by molar-refractivity contribution is 5.67. The summed E-state index contributed by atoms with van der Waals surface area (Å²) in [6.07, 6.45) is -0.370. The van der Waals surface area contributed by atoms with Gasteiger partial charge in [-0.2, -0.15) is 0 Å². The number of likely N-dealkylation sites (N-methyl/N-ethyl adjacent to an activating group) is 1. The molecule has 1 aromatic rings. The molecule has 4 nitrogen and oxygen atoms in total. The van der Waals surface area contributed by atoms with Crippen LogP contribution in [0.5, 0.6) is 0 Å². The van der Waals surface area contributed by atoms with Gasteiger partial charge < -0.3 is 15.0 Å². The smallest absolute Gasteiger partial charge is 0.407 e. The lowest BCUT2D eigenvalue weighted by Gasteiger charge is -2.10. The third-order valence-corrected chi connectivity index (χ3v) is 2.05. The van der Waals surface area contributed by atoms with Crippen LogP contribution < -0.4 is 5.32 Å². The van der Waals surface area contributed by atoms with Gasteiger partial charge in [0.25, 0.3) is 0 Å². The fraction of sp³-hybridized carbons (Fsp3) is 0.417. The molecule has 0 aliphatic rings. The minimum atomic E-state index is -0.370. The molecule has 0 heterocycles. The lowest BCUT2D eigenvalue weighted by Crippen LogP contribution is -2.27. The molecule has 0 radical (unpaired) electrons. The summed E-state index contributed by atoms with van der Waals surface area (Å²) < 4.78 is 4.98. The van der Waals surface area contributed by atoms with E-state index in [1.54, 1.807) is 0 Å². The average molecular weight is 222 g/mol. The molecule has 0 fully saturated rings. The Kier molecular flexibility index (Phi) is 5.36. The van der Waals surface area contributed by atoms with Crippen LogP contribution in [0.25, 0.3) is 0 Å². The zero-order valence-electron chi connectivity index (χ0n) is 9.77. The Bertz CT molecular complexity index is 312. The number of nitrogens with zero attached hydrogens (tertiary/aromatic N) is 1. The maximum Gasteiger partial charge on any atom is 0.407 e. The Morgan fingerprint density at radius 1 is 1.31 bits per heavy atom. The summed E-state index contributed by atoms with van der Waals surface area (Å²) in [6.45, 7) is 1.65. The Morgan fingerprint density at radius 3 is 2.62 bits per heavy atom. The van der Waals surface area contributed by atoms with Crippen molar-refractivity contribution in [2.75, 3.05) is 27.2 Å². The van der Waals surface area contributed by atoms with Gasteiger partial charge >= 0.3 is 6.09 Å². The van der Waals surface area contributed by atoms with Crippen LogP contribution in [-0.4, -0.2) is 38.2 Å². The third kappa shape index (κ3) is 5.36. The fourth-order valence-electron chi connectivity index (χ4n) is 1.14. The highest BCUT2D eigenvalue weighted by atomic mass is 16.5. The summed E-state index contributed by atoms with van der Waals surface area (Å²) in [5.74, 6) is 0. The number of hydrogen-bond donors (Lipinski definition) is 1. The van der Waals surface area contributed by atoms with E-state index in [2.05, 4.69) is 5.32 Å². The van der Waals surface area contributed by atoms with E-state index in [0.717, 1.165) is 12.1 Å². The van der Waals surface area contributed by atoms with Gasteiger partial charge in [0.2, 0.25) is 0 Å². The van der Waals surface area contributed by atoms with Crippen molar-refractivity contribution >= 4 is 6.09 Å². The van der Waals surface area contributed by atoms with Crippen molar-refractivity contribution in [3.63, 3.8) is 0 Å². The second-order valence-electron chi connectivity index (χ2n) is 3.78. The number of ether oxygens (including phenoxy) is 1. The number of carbonyl (C=O) groups excluding carboxylic acids is 1. The topological polar surface area (TPSA) is 41.6 Å². The van der Waals surface area contributed by atoms with Gasteiger partial charge in [-0.3, -0.25) is 0 Å². The minimum absolute atomic E-state index is 0.370. The van der Waals surface area contributed by atoms with Gasteiger partial charge in [0, 0.05) is 13.1 Å². The molecule has 1 N–H and O–H groups in total. The van der Waals surface area contributed by atoms with Gasteiger partial charge in [0.1, 0.15) is 6.61 Å². The number of rotatable bonds is 5. The van der Waals surface area contributed by atoms with Crippen LogP contribution in [0.2, 0.25) is 0 Å². The molecule has 4 heteroatoms. The lowest BCUT2D eigenvalue weighted by molar-refractivity contribution is 0.136. The van der Waals surface area contributed by atoms with Crippen LogP contribution >= 0.6 is 0 Å². The van der Waals surface area contributed by atoms with Gasteiger partial charge in [-0.25, -0.2) is 4.79 Å². The molecule has 1 rings (SSSR count). The molecule has 0 saturated heterocycles. The Balaban J connectivity index is 2.16. The van der Waals surface area contributed by atoms with Crippen LogP contribution in [0.15, 0.2) is 30.3 Å². The number of benzene rings is 1. The average Bonchev–Trinajstić information content (AvgIpc) is 2.27. The molecular formula is C12H18N2O2. The van der Waals surface area contributed by atoms with Crippen LogP contribution in [0.1, 0.15) is 5.56 Å². The second-order valence-corrected chi connectivity index (χ2v) is 3.78. The molecule has 0 aliphatic heterocycles. The van der Waals surface area contributed by atoms with E-state index in [1.807, 2.05) is 49.3 Å². The van der Waals surface area contributed by atoms with Crippen molar-refractivity contribution in [2.24, 2.45) is 0 Å². The molecular weight excluding hydrogens is 204 g/mol. The third-order valence-electron chi connectivity index (χ3n) is 2.05. The normalized spacial score (nSPS) is 10.2. The van der Waals surface area contributed by atoms with Gasteiger partial charge in [0.15, 0.2) is 0 Å². The first kappa shape index (κ1) is 12.5. The zero-order valence-corrected chi connectivity index (χ0v) is 9.77. The van der Waals surface area contributed by atoms with Crippen LogP contribution in [-0.2, 0) is 11.3 Å². The van der Waals surface area contributed by atoms with Crippen LogP contribution in [0.4, 0.5) is 4.79 Å². The number of carbonyl (C=O) groups is 1. The van der Waals surface area contributed by atoms with Crippen LogP contribution in [0.3, 0.4) is 0 Å². The maximum atomic E-state index is 11.2. The molecule has 0 aromatic heterocycles. The Morgan fingerprint density at radius 2 is 2.00 bits per heavy atom. The SMILES string of the molecule is CN(C)CCOC(=O)NCc1ccccc1. The standard InChI is InChI=1S/C12H18N2O2/c1-14(2)8-9-16-12(15)13-10-11-6-4-3-5-7-11/h3-7H,8-10H2,1-2H3,(H,13,15). The van der Waals surface area contributed by atoms with Crippen LogP contribution in [0, 0.1) is 0 Å². The largest absolute Gasteiger partial charge is 0.448 e. The summed E-state index contributed by atoms with van der Waals surface area (Å²) in [6, 6.07) is 9.74. The summed E-state index contributed by atoms with van der Waals surface area (Å²) >= 11 is 0. The number of alkyl carbamates (subject to hydrolysis) is 1. The predicted octanol–water partition coefficient (Wildman–Crippen LogP) is 1.47. The second kappa shape index (κ2) is 6.85. The molecule has 0 bridgehead atoms. The first-order valence-electron chi connectivity index (χ1n) is 5.28. The highest BCUT2D eigenvalue weighted by Gasteiger charge is 2.01. The van der Waals surface area contributed by atoms with Gasteiger partial charge in [-0.1, -0.05) is 30.3 Å². The van der Waals surface area contributed by atoms with Gasteiger partial charge in [-0.15, -0.1) is 0 Å². The first-order chi connectivity index (χ1) is 7.68. The van der Waals surface area contributed by atoms with E-state index in [0.29, 0.717) is 13.2 Å². The first-order valence-corrected chi connectivity index (χ1v) is 5.28. The molecule has 88 valence electrons. The van der Waals surface area contributed by atoms with E-state index in [1.165, 1.54) is 0 Å². The molecule has 0 atom stereocenters. The van der Waals surface area contributed by atoms with Crippen molar-refractivity contribution < 1.29 is 9.53 Å². The zero-order chi connectivity index (χ0) is 11.8. The lowest BCUT2D eigenvalue weighted by atomic mass is 10.2. The maximum absolute atomic E-state index is 11.2.